The number of nitrogen functional groups attached to an aromatic ring is 1. The molecule has 188 valence electrons. The van der Waals surface area contributed by atoms with Gasteiger partial charge in [-0.25, -0.2) is 27.1 Å². The quantitative estimate of drug-likeness (QED) is 0.337. The van der Waals surface area contributed by atoms with Crippen molar-refractivity contribution in [2.75, 3.05) is 25.9 Å². The summed E-state index contributed by atoms with van der Waals surface area (Å²) in [4.78, 5) is 14.7. The van der Waals surface area contributed by atoms with Gasteiger partial charge in [0.1, 0.15) is 7.85 Å². The number of aryl methyl sites for hydroxylation is 1. The van der Waals surface area contributed by atoms with E-state index in [9.17, 15) is 17.6 Å². The number of likely N-dealkylation sites (tertiary alicyclic amines) is 1. The van der Waals surface area contributed by atoms with Crippen LogP contribution in [0.4, 0.5) is 29.2 Å². The Morgan fingerprint density at radius 3 is 2.34 bits per heavy atom. The van der Waals surface area contributed by atoms with E-state index in [0.29, 0.717) is 17.7 Å². The lowest BCUT2D eigenvalue weighted by atomic mass is 10.00. The Hall–Kier alpha value is -3.02. The third-order valence-electron chi connectivity index (χ3n) is 4.90. The van der Waals surface area contributed by atoms with Gasteiger partial charge in [0.25, 0.3) is 5.92 Å². The summed E-state index contributed by atoms with van der Waals surface area (Å²) >= 11 is 0. The number of pyridine rings is 1. The zero-order valence-corrected chi connectivity index (χ0v) is 20.6. The van der Waals surface area contributed by atoms with Gasteiger partial charge < -0.3 is 10.6 Å². The number of nitrogens with two attached hydrogens (primary N) is 1. The van der Waals surface area contributed by atoms with Gasteiger partial charge in [-0.15, -0.1) is 5.10 Å². The molecule has 0 unspecified atom stereocenters. The number of nitrogens with zero attached hydrogens (tertiary/aromatic N) is 6. The molecule has 1 saturated heterocycles. The van der Waals surface area contributed by atoms with E-state index in [1.54, 1.807) is 22.7 Å². The van der Waals surface area contributed by atoms with Crippen LogP contribution < -0.4 is 11.3 Å². The summed E-state index contributed by atoms with van der Waals surface area (Å²) in [6.07, 6.45) is -0.322. The largest absolute Gasteiger partial charge is 0.367 e. The van der Waals surface area contributed by atoms with Gasteiger partial charge in [-0.05, 0) is 46.0 Å². The smallest absolute Gasteiger partial charge is 0.261 e. The molecule has 1 aliphatic rings. The highest BCUT2D eigenvalue weighted by Crippen LogP contribution is 2.26. The molecule has 7 nitrogen and oxygen atoms in total. The zero-order valence-electron chi connectivity index (χ0n) is 20.6. The molecule has 0 aromatic carbocycles. The van der Waals surface area contributed by atoms with Crippen molar-refractivity contribution in [1.29, 1.82) is 0 Å². The molecule has 0 atom stereocenters. The summed E-state index contributed by atoms with van der Waals surface area (Å²) in [7, 11) is 7.68. The SMILES string of the molecule is CCC(F)F.CN1CCC(F)(F)C1.[B]c1nc(N)nn2ccc(-c3ccc(N=C(C)C)c(C)n3)c12. The molecule has 12 heteroatoms. The highest BCUT2D eigenvalue weighted by atomic mass is 19.3. The minimum atomic E-state index is -2.41. The first-order valence-corrected chi connectivity index (χ1v) is 11.1. The fourth-order valence-electron chi connectivity index (χ4n) is 3.25. The average molecular weight is 491 g/mol. The number of aliphatic imine (C=N–C) groups is 1. The normalized spacial score (nSPS) is 14.8. The Balaban J connectivity index is 0.000000273. The highest BCUT2D eigenvalue weighted by Gasteiger charge is 2.36. The maximum atomic E-state index is 12.2. The minimum absolute atomic E-state index is 0.0278. The van der Waals surface area contributed by atoms with Crippen molar-refractivity contribution in [3.05, 3.63) is 30.1 Å². The molecule has 2 radical (unpaired) electrons. The second-order valence-corrected chi connectivity index (χ2v) is 8.38. The monoisotopic (exact) mass is 491 g/mol. The maximum absolute atomic E-state index is 12.2. The van der Waals surface area contributed by atoms with Crippen LogP contribution in [0.25, 0.3) is 16.8 Å². The van der Waals surface area contributed by atoms with Crippen LogP contribution in [0.1, 0.15) is 39.3 Å². The molecule has 0 bridgehead atoms. The third kappa shape index (κ3) is 8.31. The Morgan fingerprint density at radius 1 is 1.23 bits per heavy atom. The molecular weight excluding hydrogens is 461 g/mol. The summed E-state index contributed by atoms with van der Waals surface area (Å²) in [5, 5.41) is 4.12. The first-order valence-electron chi connectivity index (χ1n) is 11.1. The van der Waals surface area contributed by atoms with E-state index < -0.39 is 12.3 Å². The van der Waals surface area contributed by atoms with E-state index in [-0.39, 0.29) is 25.3 Å². The molecular formula is C23H30BF4N7. The molecule has 0 spiro atoms. The molecule has 1 aliphatic heterocycles. The van der Waals surface area contributed by atoms with Crippen LogP contribution in [0.15, 0.2) is 29.4 Å². The number of hydrogen-bond donors (Lipinski definition) is 1. The van der Waals surface area contributed by atoms with Gasteiger partial charge in [-0.3, -0.25) is 9.98 Å². The Bertz CT molecular complexity index is 1160. The van der Waals surface area contributed by atoms with E-state index in [1.165, 1.54) is 6.92 Å². The summed E-state index contributed by atoms with van der Waals surface area (Å²) in [6.45, 7) is 7.76. The van der Waals surface area contributed by atoms with E-state index in [0.717, 1.165) is 28.4 Å². The van der Waals surface area contributed by atoms with E-state index in [1.807, 2.05) is 39.0 Å². The summed E-state index contributed by atoms with van der Waals surface area (Å²) in [5.74, 6) is -2.27. The van der Waals surface area contributed by atoms with Crippen LogP contribution in [0.3, 0.4) is 0 Å². The van der Waals surface area contributed by atoms with Crippen molar-refractivity contribution in [2.24, 2.45) is 4.99 Å². The van der Waals surface area contributed by atoms with Crippen molar-refractivity contribution >= 4 is 36.3 Å². The standard InChI is InChI=1S/C15H15BN6.C5H9F2N.C3H6F2/c1-8(2)18-11-4-5-12(19-9(11)3)10-6-7-22-13(10)14(16)20-15(17)21-22;1-8-3-2-5(6,7)4-8;1-2-3(4)5/h4-7H,1-3H3,(H2,17,21);2-4H2,1H3;3H,2H2,1H3. The number of alkyl halides is 4. The van der Waals surface area contributed by atoms with Crippen LogP contribution in [-0.4, -0.2) is 70.5 Å². The molecule has 0 saturated carbocycles. The molecule has 3 aromatic heterocycles. The molecule has 3 aromatic rings. The number of hydrogen-bond acceptors (Lipinski definition) is 6. The first-order chi connectivity index (χ1) is 16.3. The summed E-state index contributed by atoms with van der Waals surface area (Å²) in [6, 6.07) is 5.76. The fraction of sp³-hybridized carbons (Fsp3) is 0.478. The third-order valence-corrected chi connectivity index (χ3v) is 4.90. The Labute approximate surface area is 203 Å². The van der Waals surface area contributed by atoms with Gasteiger partial charge in [0.05, 0.1) is 29.1 Å². The summed E-state index contributed by atoms with van der Waals surface area (Å²) in [5.41, 5.74) is 11.0. The second-order valence-electron chi connectivity index (χ2n) is 8.38. The van der Waals surface area contributed by atoms with Crippen molar-refractivity contribution in [3.8, 4) is 11.3 Å². The predicted octanol–water partition coefficient (Wildman–Crippen LogP) is 4.21. The van der Waals surface area contributed by atoms with Crippen molar-refractivity contribution in [3.63, 3.8) is 0 Å². The predicted molar refractivity (Wildman–Crippen MR) is 133 cm³/mol. The van der Waals surface area contributed by atoms with E-state index in [4.69, 9.17) is 13.6 Å². The molecule has 4 heterocycles. The fourth-order valence-corrected chi connectivity index (χ4v) is 3.25. The lowest BCUT2D eigenvalue weighted by molar-refractivity contribution is 0.0146. The number of halogens is 4. The van der Waals surface area contributed by atoms with Gasteiger partial charge in [-0.1, -0.05) is 6.92 Å². The minimum Gasteiger partial charge on any atom is -0.367 e. The Kier molecular flexibility index (Phi) is 9.76. The van der Waals surface area contributed by atoms with Gasteiger partial charge in [0.15, 0.2) is 0 Å². The van der Waals surface area contributed by atoms with Crippen molar-refractivity contribution in [1.82, 2.24) is 24.5 Å². The van der Waals surface area contributed by atoms with E-state index in [2.05, 4.69) is 20.1 Å². The van der Waals surface area contributed by atoms with Gasteiger partial charge >= 0.3 is 0 Å². The molecule has 2 N–H and O–H groups in total. The number of anilines is 1. The Morgan fingerprint density at radius 2 is 1.89 bits per heavy atom. The highest BCUT2D eigenvalue weighted by molar-refractivity contribution is 6.36. The topological polar surface area (TPSA) is 84.7 Å². The number of fused-ring (bicyclic) bond motifs is 1. The maximum Gasteiger partial charge on any atom is 0.261 e. The van der Waals surface area contributed by atoms with Gasteiger partial charge in [-0.2, -0.15) is 0 Å². The van der Waals surface area contributed by atoms with Crippen molar-refractivity contribution < 1.29 is 17.6 Å². The molecule has 0 aliphatic carbocycles. The number of rotatable bonds is 3. The molecule has 1 fully saturated rings. The van der Waals surface area contributed by atoms with Crippen LogP contribution in [-0.2, 0) is 0 Å². The van der Waals surface area contributed by atoms with Crippen molar-refractivity contribution in [2.45, 2.75) is 52.9 Å². The van der Waals surface area contributed by atoms with Gasteiger partial charge in [0, 0.05) is 42.5 Å². The lowest BCUT2D eigenvalue weighted by Crippen LogP contribution is -2.21. The summed E-state index contributed by atoms with van der Waals surface area (Å²) < 4.78 is 47.5. The number of aromatic nitrogens is 4. The van der Waals surface area contributed by atoms with Gasteiger partial charge in [0.2, 0.25) is 12.4 Å². The molecule has 35 heavy (non-hydrogen) atoms. The second kappa shape index (κ2) is 12.1. The average Bonchev–Trinajstić information content (AvgIpc) is 3.32. The van der Waals surface area contributed by atoms with Crippen LogP contribution in [0, 0.1) is 6.92 Å². The molecule has 4 rings (SSSR count). The van der Waals surface area contributed by atoms with E-state index >= 15 is 0 Å². The van der Waals surface area contributed by atoms with Crippen LogP contribution in [0.2, 0.25) is 0 Å². The van der Waals surface area contributed by atoms with Crippen LogP contribution >= 0.6 is 0 Å². The first kappa shape index (κ1) is 28.2. The lowest BCUT2D eigenvalue weighted by Gasteiger charge is -2.06. The molecule has 0 amide bonds. The van der Waals surface area contributed by atoms with Crippen LogP contribution in [0.5, 0.6) is 0 Å². The zero-order chi connectivity index (χ0) is 26.3.